The number of rotatable bonds is 5. The van der Waals surface area contributed by atoms with Crippen molar-refractivity contribution in [1.82, 2.24) is 9.78 Å². The molecule has 1 heterocycles. The predicted octanol–water partition coefficient (Wildman–Crippen LogP) is 3.65. The molecule has 1 unspecified atom stereocenters. The van der Waals surface area contributed by atoms with Crippen LogP contribution < -0.4 is 5.73 Å². The Bertz CT molecular complexity index is 337. The van der Waals surface area contributed by atoms with Crippen molar-refractivity contribution in [2.45, 2.75) is 70.9 Å². The minimum Gasteiger partial charge on any atom is -0.324 e. The SMILES string of the molecule is CCCn1cc(C(N)CC2CCCCCC2)cn1. The van der Waals surface area contributed by atoms with Crippen molar-refractivity contribution >= 4 is 0 Å². The van der Waals surface area contributed by atoms with Crippen LogP contribution in [0.5, 0.6) is 0 Å². The third-order valence-electron chi connectivity index (χ3n) is 4.10. The number of nitrogens with two attached hydrogens (primary N) is 1. The second-order valence-corrected chi connectivity index (χ2v) is 5.74. The Morgan fingerprint density at radius 2 is 2.06 bits per heavy atom. The fourth-order valence-electron chi connectivity index (χ4n) is 3.02. The van der Waals surface area contributed by atoms with Gasteiger partial charge in [0.2, 0.25) is 0 Å². The zero-order valence-corrected chi connectivity index (χ0v) is 11.6. The lowest BCUT2D eigenvalue weighted by Gasteiger charge is -2.18. The summed E-state index contributed by atoms with van der Waals surface area (Å²) in [6.07, 6.45) is 14.7. The molecule has 0 amide bonds. The molecule has 1 atom stereocenters. The molecule has 1 aromatic heterocycles. The minimum atomic E-state index is 0.179. The number of aryl methyl sites for hydroxylation is 1. The molecule has 0 aliphatic heterocycles. The van der Waals surface area contributed by atoms with Crippen LogP contribution in [0.1, 0.15) is 69.9 Å². The highest BCUT2D eigenvalue weighted by atomic mass is 15.3. The summed E-state index contributed by atoms with van der Waals surface area (Å²) in [5.41, 5.74) is 7.55. The first kappa shape index (κ1) is 13.6. The molecule has 0 bridgehead atoms. The number of hydrogen-bond acceptors (Lipinski definition) is 2. The van der Waals surface area contributed by atoms with Crippen molar-refractivity contribution in [2.75, 3.05) is 0 Å². The highest BCUT2D eigenvalue weighted by molar-refractivity contribution is 5.09. The second-order valence-electron chi connectivity index (χ2n) is 5.74. The first-order valence-corrected chi connectivity index (χ1v) is 7.57. The van der Waals surface area contributed by atoms with E-state index in [0.717, 1.165) is 25.3 Å². The monoisotopic (exact) mass is 249 g/mol. The van der Waals surface area contributed by atoms with Gasteiger partial charge in [0.1, 0.15) is 0 Å². The summed E-state index contributed by atoms with van der Waals surface area (Å²) in [6, 6.07) is 0.179. The zero-order chi connectivity index (χ0) is 12.8. The van der Waals surface area contributed by atoms with Crippen molar-refractivity contribution in [1.29, 1.82) is 0 Å². The van der Waals surface area contributed by atoms with Gasteiger partial charge in [0.05, 0.1) is 6.20 Å². The van der Waals surface area contributed by atoms with Crippen LogP contribution >= 0.6 is 0 Å². The van der Waals surface area contributed by atoms with Gasteiger partial charge in [-0.2, -0.15) is 5.10 Å². The highest BCUT2D eigenvalue weighted by Crippen LogP contribution is 2.29. The van der Waals surface area contributed by atoms with Gasteiger partial charge in [-0.25, -0.2) is 0 Å². The maximum Gasteiger partial charge on any atom is 0.0537 e. The Labute approximate surface area is 111 Å². The molecule has 1 saturated carbocycles. The quantitative estimate of drug-likeness (QED) is 0.809. The molecule has 0 radical (unpaired) electrons. The van der Waals surface area contributed by atoms with Gasteiger partial charge >= 0.3 is 0 Å². The van der Waals surface area contributed by atoms with Crippen LogP contribution in [-0.4, -0.2) is 9.78 Å². The fourth-order valence-corrected chi connectivity index (χ4v) is 3.02. The van der Waals surface area contributed by atoms with Crippen molar-refractivity contribution in [2.24, 2.45) is 11.7 Å². The van der Waals surface area contributed by atoms with Crippen molar-refractivity contribution in [3.8, 4) is 0 Å². The molecule has 102 valence electrons. The van der Waals surface area contributed by atoms with Gasteiger partial charge in [0.15, 0.2) is 0 Å². The average Bonchev–Trinajstić information content (AvgIpc) is 2.67. The zero-order valence-electron chi connectivity index (χ0n) is 11.6. The van der Waals surface area contributed by atoms with Crippen LogP contribution in [0.3, 0.4) is 0 Å². The van der Waals surface area contributed by atoms with Crippen LogP contribution in [0, 0.1) is 5.92 Å². The van der Waals surface area contributed by atoms with Crippen molar-refractivity contribution in [3.63, 3.8) is 0 Å². The van der Waals surface area contributed by atoms with E-state index in [1.807, 2.05) is 10.9 Å². The van der Waals surface area contributed by atoms with E-state index in [0.29, 0.717) is 0 Å². The van der Waals surface area contributed by atoms with E-state index in [2.05, 4.69) is 18.2 Å². The first-order chi connectivity index (χ1) is 8.79. The van der Waals surface area contributed by atoms with E-state index in [4.69, 9.17) is 5.73 Å². The second kappa shape index (κ2) is 6.93. The molecule has 0 saturated heterocycles. The van der Waals surface area contributed by atoms with Crippen LogP contribution in [0.25, 0.3) is 0 Å². The Balaban J connectivity index is 1.87. The predicted molar refractivity (Wildman–Crippen MR) is 75.3 cm³/mol. The lowest BCUT2D eigenvalue weighted by atomic mass is 9.91. The largest absolute Gasteiger partial charge is 0.324 e. The molecule has 1 aromatic rings. The summed E-state index contributed by atoms with van der Waals surface area (Å²) in [7, 11) is 0. The van der Waals surface area contributed by atoms with E-state index in [-0.39, 0.29) is 6.04 Å². The summed E-state index contributed by atoms with van der Waals surface area (Å²) in [5, 5.41) is 4.38. The summed E-state index contributed by atoms with van der Waals surface area (Å²) < 4.78 is 2.02. The van der Waals surface area contributed by atoms with Crippen molar-refractivity contribution < 1.29 is 0 Å². The van der Waals surface area contributed by atoms with Gasteiger partial charge < -0.3 is 5.73 Å². The van der Waals surface area contributed by atoms with Crippen LogP contribution in [0.15, 0.2) is 12.4 Å². The molecular formula is C15H27N3. The van der Waals surface area contributed by atoms with E-state index < -0.39 is 0 Å². The van der Waals surface area contributed by atoms with E-state index in [9.17, 15) is 0 Å². The van der Waals surface area contributed by atoms with Crippen LogP contribution in [-0.2, 0) is 6.54 Å². The molecule has 2 N–H and O–H groups in total. The third-order valence-corrected chi connectivity index (χ3v) is 4.10. The molecule has 2 rings (SSSR count). The molecule has 18 heavy (non-hydrogen) atoms. The average molecular weight is 249 g/mol. The Hall–Kier alpha value is -0.830. The number of aromatic nitrogens is 2. The van der Waals surface area contributed by atoms with Gasteiger partial charge in [0, 0.05) is 24.3 Å². The Morgan fingerprint density at radius 1 is 1.33 bits per heavy atom. The third kappa shape index (κ3) is 3.84. The van der Waals surface area contributed by atoms with E-state index in [1.165, 1.54) is 44.1 Å². The van der Waals surface area contributed by atoms with Gasteiger partial charge in [-0.1, -0.05) is 45.4 Å². The summed E-state index contributed by atoms with van der Waals surface area (Å²) in [5.74, 6) is 0.831. The molecule has 1 aliphatic rings. The summed E-state index contributed by atoms with van der Waals surface area (Å²) in [6.45, 7) is 3.17. The smallest absolute Gasteiger partial charge is 0.0537 e. The molecule has 3 nitrogen and oxygen atoms in total. The lowest BCUT2D eigenvalue weighted by molar-refractivity contribution is 0.392. The normalized spacial score (nSPS) is 19.7. The van der Waals surface area contributed by atoms with Crippen molar-refractivity contribution in [3.05, 3.63) is 18.0 Å². The molecule has 1 fully saturated rings. The minimum absolute atomic E-state index is 0.179. The molecule has 0 aromatic carbocycles. The maximum absolute atomic E-state index is 6.33. The number of hydrogen-bond donors (Lipinski definition) is 1. The summed E-state index contributed by atoms with van der Waals surface area (Å²) in [4.78, 5) is 0. The van der Waals surface area contributed by atoms with Gasteiger partial charge in [-0.3, -0.25) is 4.68 Å². The molecule has 3 heteroatoms. The van der Waals surface area contributed by atoms with Gasteiger partial charge in [-0.15, -0.1) is 0 Å². The first-order valence-electron chi connectivity index (χ1n) is 7.57. The van der Waals surface area contributed by atoms with Crippen LogP contribution in [0.2, 0.25) is 0 Å². The fraction of sp³-hybridized carbons (Fsp3) is 0.800. The molecular weight excluding hydrogens is 222 g/mol. The Morgan fingerprint density at radius 3 is 2.72 bits per heavy atom. The molecule has 1 aliphatic carbocycles. The van der Waals surface area contributed by atoms with E-state index >= 15 is 0 Å². The molecule has 0 spiro atoms. The topological polar surface area (TPSA) is 43.8 Å². The number of nitrogens with zero attached hydrogens (tertiary/aromatic N) is 2. The standard InChI is InChI=1S/C15H27N3/c1-2-9-18-12-14(11-17-18)15(16)10-13-7-5-3-4-6-8-13/h11-13,15H,2-10,16H2,1H3. The van der Waals surface area contributed by atoms with E-state index in [1.54, 1.807) is 0 Å². The Kier molecular flexibility index (Phi) is 5.24. The summed E-state index contributed by atoms with van der Waals surface area (Å²) >= 11 is 0. The van der Waals surface area contributed by atoms with Gasteiger partial charge in [0.25, 0.3) is 0 Å². The maximum atomic E-state index is 6.33. The lowest BCUT2D eigenvalue weighted by Crippen LogP contribution is -2.15. The highest BCUT2D eigenvalue weighted by Gasteiger charge is 2.17. The van der Waals surface area contributed by atoms with Crippen LogP contribution in [0.4, 0.5) is 0 Å². The van der Waals surface area contributed by atoms with Gasteiger partial charge in [-0.05, 0) is 18.8 Å².